The van der Waals surface area contributed by atoms with Crippen molar-refractivity contribution in [1.29, 1.82) is 0 Å². The number of likely N-dealkylation sites (N-methyl/N-ethyl adjacent to an activating group) is 1. The first-order valence-electron chi connectivity index (χ1n) is 4.43. The molecule has 0 radical (unpaired) electrons. The van der Waals surface area contributed by atoms with Crippen molar-refractivity contribution in [3.05, 3.63) is 23.0 Å². The van der Waals surface area contributed by atoms with Crippen LogP contribution in [0, 0.1) is 0 Å². The fraction of sp³-hybridized carbons (Fsp3) is 0.400. The summed E-state index contributed by atoms with van der Waals surface area (Å²) < 4.78 is 37.1. The third kappa shape index (κ3) is 4.29. The zero-order chi connectivity index (χ0) is 12.8. The van der Waals surface area contributed by atoms with Gasteiger partial charge >= 0.3 is 6.18 Å². The van der Waals surface area contributed by atoms with Gasteiger partial charge in [-0.05, 0) is 25.3 Å². The molecule has 0 unspecified atom stereocenters. The van der Waals surface area contributed by atoms with Crippen molar-refractivity contribution in [2.24, 2.45) is 9.98 Å². The van der Waals surface area contributed by atoms with Crippen LogP contribution in [-0.4, -0.2) is 33.2 Å². The largest absolute Gasteiger partial charge is 0.433 e. The number of alkyl halides is 3. The maximum Gasteiger partial charge on any atom is 0.433 e. The molecular weight excluding hydrogens is 219 g/mol. The number of aliphatic imine (C=N–C) groups is 2. The molecule has 0 aliphatic carbocycles. The molecule has 0 heterocycles. The first kappa shape index (κ1) is 14.4. The fourth-order valence-electron chi connectivity index (χ4n) is 1.00. The van der Waals surface area contributed by atoms with Gasteiger partial charge in [0.25, 0.3) is 0 Å². The number of allylic oxidation sites excluding steroid dienone is 3. The van der Waals surface area contributed by atoms with Gasteiger partial charge in [-0.15, -0.1) is 0 Å². The number of hydrogen-bond acceptors (Lipinski definition) is 3. The molecule has 1 N–H and O–H groups in total. The predicted molar refractivity (Wildman–Crippen MR) is 59.9 cm³/mol. The SMILES string of the molecule is C=N/C(=C\C(NC)=C(/C)C=NC)C(F)(F)F. The lowest BCUT2D eigenvalue weighted by Gasteiger charge is -2.09. The van der Waals surface area contributed by atoms with E-state index in [9.17, 15) is 13.2 Å². The van der Waals surface area contributed by atoms with E-state index in [4.69, 9.17) is 0 Å². The van der Waals surface area contributed by atoms with Gasteiger partial charge in [-0.1, -0.05) is 0 Å². The van der Waals surface area contributed by atoms with Gasteiger partial charge in [0.1, 0.15) is 5.70 Å². The van der Waals surface area contributed by atoms with E-state index >= 15 is 0 Å². The van der Waals surface area contributed by atoms with Crippen LogP contribution in [0.3, 0.4) is 0 Å². The van der Waals surface area contributed by atoms with Crippen LogP contribution in [0.2, 0.25) is 0 Å². The second-order valence-corrected chi connectivity index (χ2v) is 2.92. The van der Waals surface area contributed by atoms with Crippen LogP contribution in [0.4, 0.5) is 13.2 Å². The maximum absolute atomic E-state index is 12.4. The minimum atomic E-state index is -4.51. The number of halogens is 3. The Morgan fingerprint density at radius 2 is 1.94 bits per heavy atom. The number of nitrogens with zero attached hydrogens (tertiary/aromatic N) is 2. The Hall–Kier alpha value is -1.59. The molecule has 0 amide bonds. The molecule has 0 aliphatic heterocycles. The first-order valence-corrected chi connectivity index (χ1v) is 4.43. The van der Waals surface area contributed by atoms with Crippen LogP contribution in [0.25, 0.3) is 0 Å². The van der Waals surface area contributed by atoms with Crippen LogP contribution in [0.15, 0.2) is 33.0 Å². The monoisotopic (exact) mass is 233 g/mol. The van der Waals surface area contributed by atoms with Crippen molar-refractivity contribution >= 4 is 12.9 Å². The molecule has 16 heavy (non-hydrogen) atoms. The van der Waals surface area contributed by atoms with Crippen molar-refractivity contribution in [2.45, 2.75) is 13.1 Å². The Morgan fingerprint density at radius 3 is 2.25 bits per heavy atom. The van der Waals surface area contributed by atoms with Gasteiger partial charge in [-0.25, -0.2) is 0 Å². The average molecular weight is 233 g/mol. The normalized spacial score (nSPS) is 15.0. The number of rotatable bonds is 4. The maximum atomic E-state index is 12.4. The Morgan fingerprint density at radius 1 is 1.38 bits per heavy atom. The lowest BCUT2D eigenvalue weighted by molar-refractivity contribution is -0.0922. The zero-order valence-electron chi connectivity index (χ0n) is 9.39. The molecule has 6 heteroatoms. The predicted octanol–water partition coefficient (Wildman–Crippen LogP) is 2.33. The van der Waals surface area contributed by atoms with Crippen LogP contribution < -0.4 is 5.32 Å². The van der Waals surface area contributed by atoms with E-state index in [1.807, 2.05) is 0 Å². The minimum Gasteiger partial charge on any atom is -0.388 e. The summed E-state index contributed by atoms with van der Waals surface area (Å²) in [6.45, 7) is 4.54. The summed E-state index contributed by atoms with van der Waals surface area (Å²) in [5.74, 6) is 0. The van der Waals surface area contributed by atoms with E-state index in [-0.39, 0.29) is 0 Å². The van der Waals surface area contributed by atoms with E-state index in [0.29, 0.717) is 11.3 Å². The average Bonchev–Trinajstić information content (AvgIpc) is 2.17. The molecule has 0 aliphatic rings. The number of hydrogen-bond donors (Lipinski definition) is 1. The van der Waals surface area contributed by atoms with Gasteiger partial charge in [0, 0.05) is 26.0 Å². The lowest BCUT2D eigenvalue weighted by Crippen LogP contribution is -2.14. The fourth-order valence-corrected chi connectivity index (χ4v) is 1.00. The van der Waals surface area contributed by atoms with E-state index in [0.717, 1.165) is 6.08 Å². The van der Waals surface area contributed by atoms with Gasteiger partial charge in [0.2, 0.25) is 0 Å². The van der Waals surface area contributed by atoms with Gasteiger partial charge < -0.3 is 5.32 Å². The summed E-state index contributed by atoms with van der Waals surface area (Å²) in [5.41, 5.74) is -0.165. The molecule has 0 rings (SSSR count). The van der Waals surface area contributed by atoms with Gasteiger partial charge in [-0.2, -0.15) is 13.2 Å². The van der Waals surface area contributed by atoms with Crippen molar-refractivity contribution in [3.63, 3.8) is 0 Å². The molecule has 0 saturated carbocycles. The summed E-state index contributed by atoms with van der Waals surface area (Å²) in [6, 6.07) is 0. The van der Waals surface area contributed by atoms with Gasteiger partial charge in [-0.3, -0.25) is 9.98 Å². The first-order chi connectivity index (χ1) is 7.36. The summed E-state index contributed by atoms with van der Waals surface area (Å²) >= 11 is 0. The highest BCUT2D eigenvalue weighted by atomic mass is 19.4. The lowest BCUT2D eigenvalue weighted by atomic mass is 10.2. The van der Waals surface area contributed by atoms with E-state index in [1.54, 1.807) is 6.92 Å². The molecule has 3 nitrogen and oxygen atoms in total. The molecule has 0 bridgehead atoms. The Labute approximate surface area is 92.5 Å². The molecule has 0 atom stereocenters. The Bertz CT molecular complexity index is 338. The molecule has 90 valence electrons. The summed E-state index contributed by atoms with van der Waals surface area (Å²) in [5, 5.41) is 2.65. The van der Waals surface area contributed by atoms with Crippen LogP contribution in [0.5, 0.6) is 0 Å². The van der Waals surface area contributed by atoms with Crippen molar-refractivity contribution in [3.8, 4) is 0 Å². The standard InChI is InChI=1S/C10H14F3N3/c1-7(6-14-2)8(15-3)5-9(16-4)10(11,12)13/h5-6,15H,4H2,1-3H3/b8-7-,9-5-,14-6?. The molecule has 0 aromatic carbocycles. The van der Waals surface area contributed by atoms with Crippen LogP contribution in [0.1, 0.15) is 6.92 Å². The quantitative estimate of drug-likeness (QED) is 0.587. The van der Waals surface area contributed by atoms with E-state index in [2.05, 4.69) is 22.0 Å². The topological polar surface area (TPSA) is 36.8 Å². The summed E-state index contributed by atoms with van der Waals surface area (Å²) in [4.78, 5) is 6.68. The Kier molecular flexibility index (Phi) is 5.49. The van der Waals surface area contributed by atoms with Crippen LogP contribution in [-0.2, 0) is 0 Å². The van der Waals surface area contributed by atoms with E-state index < -0.39 is 11.9 Å². The molecule has 0 aromatic rings. The highest BCUT2D eigenvalue weighted by Crippen LogP contribution is 2.27. The van der Waals surface area contributed by atoms with Crippen molar-refractivity contribution < 1.29 is 13.2 Å². The van der Waals surface area contributed by atoms with E-state index in [1.165, 1.54) is 20.3 Å². The minimum absolute atomic E-state index is 0.297. The number of nitrogens with one attached hydrogen (secondary N) is 1. The second-order valence-electron chi connectivity index (χ2n) is 2.92. The zero-order valence-corrected chi connectivity index (χ0v) is 9.39. The molecule has 0 fully saturated rings. The molecule has 0 aromatic heterocycles. The van der Waals surface area contributed by atoms with Crippen molar-refractivity contribution in [1.82, 2.24) is 5.32 Å². The smallest absolute Gasteiger partial charge is 0.388 e. The van der Waals surface area contributed by atoms with Crippen molar-refractivity contribution in [2.75, 3.05) is 14.1 Å². The van der Waals surface area contributed by atoms with Gasteiger partial charge in [0.15, 0.2) is 0 Å². The molecule has 0 spiro atoms. The van der Waals surface area contributed by atoms with Crippen LogP contribution >= 0.6 is 0 Å². The third-order valence-corrected chi connectivity index (χ3v) is 1.76. The Balaban J connectivity index is 5.38. The summed E-state index contributed by atoms with van der Waals surface area (Å²) in [6.07, 6.45) is -2.16. The highest BCUT2D eigenvalue weighted by Gasteiger charge is 2.33. The summed E-state index contributed by atoms with van der Waals surface area (Å²) in [7, 11) is 3.06. The highest BCUT2D eigenvalue weighted by molar-refractivity contribution is 5.79. The third-order valence-electron chi connectivity index (χ3n) is 1.76. The molecule has 0 saturated heterocycles. The second kappa shape index (κ2) is 6.09. The molecular formula is C10H14F3N3. The van der Waals surface area contributed by atoms with Gasteiger partial charge in [0.05, 0.1) is 0 Å².